The summed E-state index contributed by atoms with van der Waals surface area (Å²) in [4.78, 5) is 11.4. The largest absolute Gasteiger partial charge is 0.494 e. The Morgan fingerprint density at radius 2 is 1.88 bits per heavy atom. The number of rotatable bonds is 3. The van der Waals surface area contributed by atoms with Gasteiger partial charge < -0.3 is 4.74 Å². The molecule has 0 aliphatic carbocycles. The van der Waals surface area contributed by atoms with E-state index >= 15 is 0 Å². The average molecular weight is 220 g/mol. The molecule has 1 rings (SSSR count). The van der Waals surface area contributed by atoms with E-state index < -0.39 is 0 Å². The fourth-order valence-corrected chi connectivity index (χ4v) is 1.49. The number of benzene rings is 1. The van der Waals surface area contributed by atoms with Gasteiger partial charge in [0.1, 0.15) is 5.75 Å². The van der Waals surface area contributed by atoms with Crippen LogP contribution in [0.1, 0.15) is 50.5 Å². The van der Waals surface area contributed by atoms with E-state index in [-0.39, 0.29) is 11.2 Å². The van der Waals surface area contributed by atoms with Crippen molar-refractivity contribution in [2.45, 2.75) is 40.0 Å². The SMILES string of the molecule is CCOc1cc(C(C)=O)cc(C(C)(C)C)c1. The minimum absolute atomic E-state index is 0.0251. The zero-order valence-corrected chi connectivity index (χ0v) is 10.8. The van der Waals surface area contributed by atoms with Crippen LogP contribution in [0.2, 0.25) is 0 Å². The normalized spacial score (nSPS) is 11.3. The van der Waals surface area contributed by atoms with Crippen molar-refractivity contribution in [2.75, 3.05) is 6.61 Å². The van der Waals surface area contributed by atoms with Crippen LogP contribution in [0.3, 0.4) is 0 Å². The van der Waals surface area contributed by atoms with Crippen molar-refractivity contribution in [3.63, 3.8) is 0 Å². The first-order valence-electron chi connectivity index (χ1n) is 5.64. The van der Waals surface area contributed by atoms with E-state index in [0.29, 0.717) is 6.61 Å². The third-order valence-electron chi connectivity index (χ3n) is 2.49. The minimum atomic E-state index is 0.0251. The molecule has 0 N–H and O–H groups in total. The molecule has 0 heterocycles. The van der Waals surface area contributed by atoms with Gasteiger partial charge in [0.25, 0.3) is 0 Å². The van der Waals surface area contributed by atoms with E-state index in [4.69, 9.17) is 4.74 Å². The summed E-state index contributed by atoms with van der Waals surface area (Å²) in [6, 6.07) is 5.77. The van der Waals surface area contributed by atoms with Crippen LogP contribution >= 0.6 is 0 Å². The van der Waals surface area contributed by atoms with E-state index in [9.17, 15) is 4.79 Å². The molecule has 0 aliphatic heterocycles. The van der Waals surface area contributed by atoms with Gasteiger partial charge >= 0.3 is 0 Å². The van der Waals surface area contributed by atoms with Crippen LogP contribution < -0.4 is 4.74 Å². The lowest BCUT2D eigenvalue weighted by Gasteiger charge is -2.20. The van der Waals surface area contributed by atoms with Crippen LogP contribution in [0.4, 0.5) is 0 Å². The summed E-state index contributed by atoms with van der Waals surface area (Å²) in [5.74, 6) is 0.854. The minimum Gasteiger partial charge on any atom is -0.494 e. The summed E-state index contributed by atoms with van der Waals surface area (Å²) in [6.45, 7) is 10.5. The van der Waals surface area contributed by atoms with Crippen molar-refractivity contribution in [2.24, 2.45) is 0 Å². The maximum Gasteiger partial charge on any atom is 0.159 e. The molecule has 0 radical (unpaired) electrons. The summed E-state index contributed by atoms with van der Waals surface area (Å²) >= 11 is 0. The van der Waals surface area contributed by atoms with Gasteiger partial charge in [-0.2, -0.15) is 0 Å². The van der Waals surface area contributed by atoms with E-state index in [2.05, 4.69) is 20.8 Å². The first-order chi connectivity index (χ1) is 7.34. The molecule has 0 amide bonds. The van der Waals surface area contributed by atoms with Crippen molar-refractivity contribution >= 4 is 5.78 Å². The molecule has 0 unspecified atom stereocenters. The molecule has 2 heteroatoms. The van der Waals surface area contributed by atoms with Gasteiger partial charge in [-0.1, -0.05) is 20.8 Å². The maximum absolute atomic E-state index is 11.4. The lowest BCUT2D eigenvalue weighted by Crippen LogP contribution is -2.12. The molecule has 0 aromatic heterocycles. The van der Waals surface area contributed by atoms with Crippen molar-refractivity contribution in [1.82, 2.24) is 0 Å². The van der Waals surface area contributed by atoms with Gasteiger partial charge in [0, 0.05) is 5.56 Å². The molecule has 16 heavy (non-hydrogen) atoms. The molecule has 0 bridgehead atoms. The van der Waals surface area contributed by atoms with Crippen LogP contribution in [-0.2, 0) is 5.41 Å². The van der Waals surface area contributed by atoms with Crippen LogP contribution in [0.5, 0.6) is 5.75 Å². The number of hydrogen-bond donors (Lipinski definition) is 0. The number of hydrogen-bond acceptors (Lipinski definition) is 2. The molecular weight excluding hydrogens is 200 g/mol. The third kappa shape index (κ3) is 3.09. The Morgan fingerprint density at radius 1 is 1.25 bits per heavy atom. The lowest BCUT2D eigenvalue weighted by atomic mass is 9.85. The molecule has 0 saturated carbocycles. The van der Waals surface area contributed by atoms with Crippen LogP contribution in [0.15, 0.2) is 18.2 Å². The standard InChI is InChI=1S/C14H20O2/c1-6-16-13-8-11(10(2)15)7-12(9-13)14(3,4)5/h7-9H,6H2,1-5H3. The van der Waals surface area contributed by atoms with Crippen molar-refractivity contribution in [3.8, 4) is 5.75 Å². The second kappa shape index (κ2) is 4.69. The van der Waals surface area contributed by atoms with Gasteiger partial charge in [0.15, 0.2) is 5.78 Å². The van der Waals surface area contributed by atoms with Crippen molar-refractivity contribution in [1.29, 1.82) is 0 Å². The Hall–Kier alpha value is -1.31. The van der Waals surface area contributed by atoms with Gasteiger partial charge in [-0.05, 0) is 43.0 Å². The number of carbonyl (C=O) groups excluding carboxylic acids is 1. The number of Topliss-reactive ketones (excluding diaryl/α,β-unsaturated/α-hetero) is 1. The second-order valence-electron chi connectivity index (χ2n) is 4.99. The van der Waals surface area contributed by atoms with Gasteiger partial charge in [-0.3, -0.25) is 4.79 Å². The zero-order valence-electron chi connectivity index (χ0n) is 10.8. The van der Waals surface area contributed by atoms with Crippen molar-refractivity contribution in [3.05, 3.63) is 29.3 Å². The molecule has 0 fully saturated rings. The number of ether oxygens (including phenoxy) is 1. The van der Waals surface area contributed by atoms with Gasteiger partial charge in [0.2, 0.25) is 0 Å². The predicted molar refractivity (Wildman–Crippen MR) is 66.3 cm³/mol. The Morgan fingerprint density at radius 3 is 2.31 bits per heavy atom. The Balaban J connectivity index is 3.24. The monoisotopic (exact) mass is 220 g/mol. The second-order valence-corrected chi connectivity index (χ2v) is 4.99. The van der Waals surface area contributed by atoms with Crippen LogP contribution in [-0.4, -0.2) is 12.4 Å². The first-order valence-corrected chi connectivity index (χ1v) is 5.64. The number of carbonyl (C=O) groups is 1. The van der Waals surface area contributed by atoms with E-state index in [1.54, 1.807) is 13.0 Å². The zero-order chi connectivity index (χ0) is 12.3. The summed E-state index contributed by atoms with van der Waals surface area (Å²) in [5, 5.41) is 0. The van der Waals surface area contributed by atoms with E-state index in [1.807, 2.05) is 19.1 Å². The quantitative estimate of drug-likeness (QED) is 0.728. The van der Waals surface area contributed by atoms with Crippen LogP contribution in [0.25, 0.3) is 0 Å². The molecule has 88 valence electrons. The molecule has 1 aromatic carbocycles. The third-order valence-corrected chi connectivity index (χ3v) is 2.49. The fraction of sp³-hybridized carbons (Fsp3) is 0.500. The topological polar surface area (TPSA) is 26.3 Å². The molecule has 0 spiro atoms. The molecule has 1 aromatic rings. The Labute approximate surface area is 97.6 Å². The Kier molecular flexibility index (Phi) is 3.74. The number of ketones is 1. The smallest absolute Gasteiger partial charge is 0.159 e. The molecule has 0 atom stereocenters. The van der Waals surface area contributed by atoms with Gasteiger partial charge in [-0.15, -0.1) is 0 Å². The molecular formula is C14H20O2. The van der Waals surface area contributed by atoms with Gasteiger partial charge in [0.05, 0.1) is 6.61 Å². The fourth-order valence-electron chi connectivity index (χ4n) is 1.49. The maximum atomic E-state index is 11.4. The summed E-state index contributed by atoms with van der Waals surface area (Å²) in [7, 11) is 0. The van der Waals surface area contributed by atoms with Crippen LogP contribution in [0, 0.1) is 0 Å². The van der Waals surface area contributed by atoms with E-state index in [1.165, 1.54) is 0 Å². The van der Waals surface area contributed by atoms with Crippen molar-refractivity contribution < 1.29 is 9.53 Å². The summed E-state index contributed by atoms with van der Waals surface area (Å²) in [5.41, 5.74) is 1.87. The summed E-state index contributed by atoms with van der Waals surface area (Å²) < 4.78 is 5.48. The highest BCUT2D eigenvalue weighted by Gasteiger charge is 2.16. The Bertz CT molecular complexity index is 386. The van der Waals surface area contributed by atoms with Gasteiger partial charge in [-0.25, -0.2) is 0 Å². The lowest BCUT2D eigenvalue weighted by molar-refractivity contribution is 0.101. The molecule has 0 aliphatic rings. The molecule has 2 nitrogen and oxygen atoms in total. The first kappa shape index (κ1) is 12.8. The highest BCUT2D eigenvalue weighted by Crippen LogP contribution is 2.27. The average Bonchev–Trinajstić information content (AvgIpc) is 2.16. The summed E-state index contributed by atoms with van der Waals surface area (Å²) in [6.07, 6.45) is 0. The predicted octanol–water partition coefficient (Wildman–Crippen LogP) is 3.59. The highest BCUT2D eigenvalue weighted by atomic mass is 16.5. The van der Waals surface area contributed by atoms with E-state index in [0.717, 1.165) is 16.9 Å². The molecule has 0 saturated heterocycles. The highest BCUT2D eigenvalue weighted by molar-refractivity contribution is 5.94.